The minimum Gasteiger partial charge on any atom is -0.293 e. The molecule has 0 unspecified atom stereocenters. The van der Waals surface area contributed by atoms with Crippen molar-refractivity contribution in [2.24, 2.45) is 0 Å². The molecule has 0 atom stereocenters. The van der Waals surface area contributed by atoms with Crippen molar-refractivity contribution in [2.75, 3.05) is 5.75 Å². The maximum absolute atomic E-state index is 11.9. The van der Waals surface area contributed by atoms with Crippen LogP contribution in [0.4, 0.5) is 0 Å². The van der Waals surface area contributed by atoms with E-state index in [4.69, 9.17) is 23.2 Å². The van der Waals surface area contributed by atoms with E-state index in [-0.39, 0.29) is 10.6 Å². The molecule has 0 saturated heterocycles. The van der Waals surface area contributed by atoms with Gasteiger partial charge in [-0.1, -0.05) is 23.2 Å². The normalized spacial score (nSPS) is 12.5. The number of halogens is 2. The summed E-state index contributed by atoms with van der Waals surface area (Å²) in [6, 6.07) is 4.32. The number of hydrogen-bond acceptors (Lipinski definition) is 3. The molecule has 0 heterocycles. The van der Waals surface area contributed by atoms with E-state index in [9.17, 15) is 13.2 Å². The number of benzene rings is 1. The summed E-state index contributed by atoms with van der Waals surface area (Å²) in [4.78, 5) is 11.9. The molecule has 6 heteroatoms. The van der Waals surface area contributed by atoms with Crippen molar-refractivity contribution in [3.8, 4) is 0 Å². The molecule has 1 rings (SSSR count). The lowest BCUT2D eigenvalue weighted by atomic mass is 10.1. The largest absolute Gasteiger partial charge is 0.293 e. The SMILES string of the molecule is CC(C)(C)S(=O)(=O)CC(=O)c1ccc(Cl)c(Cl)c1. The van der Waals surface area contributed by atoms with Gasteiger partial charge in [-0.25, -0.2) is 8.42 Å². The lowest BCUT2D eigenvalue weighted by Crippen LogP contribution is -2.33. The molecule has 0 spiro atoms. The fourth-order valence-corrected chi connectivity index (χ4v) is 2.38. The van der Waals surface area contributed by atoms with Crippen LogP contribution in [-0.4, -0.2) is 24.7 Å². The third-order valence-corrected chi connectivity index (χ3v) is 5.74. The van der Waals surface area contributed by atoms with Gasteiger partial charge in [0.1, 0.15) is 5.75 Å². The lowest BCUT2D eigenvalue weighted by molar-refractivity contribution is 0.102. The highest BCUT2D eigenvalue weighted by atomic mass is 35.5. The van der Waals surface area contributed by atoms with Crippen molar-refractivity contribution < 1.29 is 13.2 Å². The van der Waals surface area contributed by atoms with Gasteiger partial charge >= 0.3 is 0 Å². The van der Waals surface area contributed by atoms with E-state index in [0.29, 0.717) is 5.02 Å². The van der Waals surface area contributed by atoms with Crippen LogP contribution in [0.1, 0.15) is 31.1 Å². The van der Waals surface area contributed by atoms with E-state index in [1.807, 2.05) is 0 Å². The molecule has 100 valence electrons. The highest BCUT2D eigenvalue weighted by Gasteiger charge is 2.31. The van der Waals surface area contributed by atoms with Gasteiger partial charge in [-0.05, 0) is 39.0 Å². The quantitative estimate of drug-likeness (QED) is 0.804. The maximum Gasteiger partial charge on any atom is 0.177 e. The average Bonchev–Trinajstić information content (AvgIpc) is 2.19. The molecule has 0 aliphatic rings. The zero-order valence-electron chi connectivity index (χ0n) is 10.3. The summed E-state index contributed by atoms with van der Waals surface area (Å²) in [5.41, 5.74) is 0.247. The minimum atomic E-state index is -3.49. The third-order valence-electron chi connectivity index (χ3n) is 2.50. The van der Waals surface area contributed by atoms with E-state index in [0.717, 1.165) is 0 Å². The Labute approximate surface area is 117 Å². The average molecular weight is 309 g/mol. The molecule has 0 saturated carbocycles. The second-order valence-corrected chi connectivity index (χ2v) is 8.48. The number of carbonyl (C=O) groups excluding carboxylic acids is 1. The smallest absolute Gasteiger partial charge is 0.177 e. The second kappa shape index (κ2) is 5.19. The van der Waals surface area contributed by atoms with E-state index in [2.05, 4.69) is 0 Å². The van der Waals surface area contributed by atoms with Crippen molar-refractivity contribution >= 4 is 38.8 Å². The number of hydrogen-bond donors (Lipinski definition) is 0. The number of sulfone groups is 1. The molecule has 1 aromatic rings. The third kappa shape index (κ3) is 3.46. The Morgan fingerprint density at radius 1 is 1.17 bits per heavy atom. The molecule has 0 radical (unpaired) electrons. The lowest BCUT2D eigenvalue weighted by Gasteiger charge is -2.18. The maximum atomic E-state index is 11.9. The van der Waals surface area contributed by atoms with Gasteiger partial charge in [0.15, 0.2) is 15.6 Å². The molecular weight excluding hydrogens is 295 g/mol. The summed E-state index contributed by atoms with van der Waals surface area (Å²) in [5.74, 6) is -1.02. The fraction of sp³-hybridized carbons (Fsp3) is 0.417. The van der Waals surface area contributed by atoms with Crippen LogP contribution in [0.25, 0.3) is 0 Å². The topological polar surface area (TPSA) is 51.2 Å². The summed E-state index contributed by atoms with van der Waals surface area (Å²) in [5, 5.41) is 0.558. The van der Waals surface area contributed by atoms with Crippen LogP contribution in [0.15, 0.2) is 18.2 Å². The summed E-state index contributed by atoms with van der Waals surface area (Å²) >= 11 is 11.5. The van der Waals surface area contributed by atoms with Gasteiger partial charge in [0, 0.05) is 5.56 Å². The summed E-state index contributed by atoms with van der Waals surface area (Å²) in [6.45, 7) is 4.68. The first-order valence-corrected chi connectivity index (χ1v) is 7.66. The molecule has 0 aliphatic heterocycles. The molecule has 0 fully saturated rings. The monoisotopic (exact) mass is 308 g/mol. The van der Waals surface area contributed by atoms with E-state index < -0.39 is 26.1 Å². The predicted molar refractivity (Wildman–Crippen MR) is 74.3 cm³/mol. The van der Waals surface area contributed by atoms with Crippen molar-refractivity contribution in [3.63, 3.8) is 0 Å². The Morgan fingerprint density at radius 3 is 2.17 bits per heavy atom. The molecule has 18 heavy (non-hydrogen) atoms. The molecule has 0 aromatic heterocycles. The molecule has 3 nitrogen and oxygen atoms in total. The van der Waals surface area contributed by atoms with E-state index >= 15 is 0 Å². The van der Waals surface area contributed by atoms with Crippen LogP contribution in [0.5, 0.6) is 0 Å². The Morgan fingerprint density at radius 2 is 1.72 bits per heavy atom. The zero-order chi connectivity index (χ0) is 14.1. The van der Waals surface area contributed by atoms with Gasteiger partial charge in [-0.15, -0.1) is 0 Å². The molecule has 0 N–H and O–H groups in total. The first-order valence-electron chi connectivity index (χ1n) is 5.25. The van der Waals surface area contributed by atoms with Gasteiger partial charge in [-0.2, -0.15) is 0 Å². The summed E-state index contributed by atoms with van der Waals surface area (Å²) < 4.78 is 22.9. The minimum absolute atomic E-state index is 0.232. The van der Waals surface area contributed by atoms with Crippen molar-refractivity contribution in [3.05, 3.63) is 33.8 Å². The molecule has 0 aliphatic carbocycles. The molecule has 1 aromatic carbocycles. The fourth-order valence-electron chi connectivity index (χ4n) is 1.14. The van der Waals surface area contributed by atoms with Crippen LogP contribution in [0.3, 0.4) is 0 Å². The predicted octanol–water partition coefficient (Wildman–Crippen LogP) is 3.39. The van der Waals surface area contributed by atoms with Gasteiger partial charge < -0.3 is 0 Å². The highest BCUT2D eigenvalue weighted by molar-refractivity contribution is 7.93. The highest BCUT2D eigenvalue weighted by Crippen LogP contribution is 2.24. The van der Waals surface area contributed by atoms with Crippen LogP contribution in [-0.2, 0) is 9.84 Å². The Kier molecular flexibility index (Phi) is 4.47. The standard InChI is InChI=1S/C12H14Cl2O3S/c1-12(2,3)18(16,17)7-11(15)8-4-5-9(13)10(14)6-8/h4-6H,7H2,1-3H3. The van der Waals surface area contributed by atoms with E-state index in [1.165, 1.54) is 18.2 Å². The Bertz CT molecular complexity index is 571. The molecular formula is C12H14Cl2O3S. The molecule has 0 bridgehead atoms. The van der Waals surface area contributed by atoms with Gasteiger partial charge in [-0.3, -0.25) is 4.79 Å². The summed E-state index contributed by atoms with van der Waals surface area (Å²) in [7, 11) is -3.49. The zero-order valence-corrected chi connectivity index (χ0v) is 12.7. The van der Waals surface area contributed by atoms with Gasteiger partial charge in [0.25, 0.3) is 0 Å². The van der Waals surface area contributed by atoms with Crippen LogP contribution in [0.2, 0.25) is 10.0 Å². The number of Topliss-reactive ketones (excluding diaryl/α,β-unsaturated/α-hetero) is 1. The van der Waals surface area contributed by atoms with Crippen molar-refractivity contribution in [2.45, 2.75) is 25.5 Å². The number of ketones is 1. The molecule has 0 amide bonds. The number of rotatable bonds is 3. The Hall–Kier alpha value is -0.580. The van der Waals surface area contributed by atoms with Crippen LogP contribution >= 0.6 is 23.2 Å². The summed E-state index contributed by atoms with van der Waals surface area (Å²) in [6.07, 6.45) is 0. The van der Waals surface area contributed by atoms with Crippen molar-refractivity contribution in [1.29, 1.82) is 0 Å². The second-order valence-electron chi connectivity index (χ2n) is 4.92. The first kappa shape index (κ1) is 15.5. The Balaban J connectivity index is 3.00. The van der Waals surface area contributed by atoms with E-state index in [1.54, 1.807) is 20.8 Å². The van der Waals surface area contributed by atoms with Crippen molar-refractivity contribution in [1.82, 2.24) is 0 Å². The van der Waals surface area contributed by atoms with Gasteiger partial charge in [0.2, 0.25) is 0 Å². The van der Waals surface area contributed by atoms with Crippen LogP contribution in [0, 0.1) is 0 Å². The van der Waals surface area contributed by atoms with Crippen LogP contribution < -0.4 is 0 Å². The van der Waals surface area contributed by atoms with Gasteiger partial charge in [0.05, 0.1) is 14.8 Å². The number of carbonyl (C=O) groups is 1. The first-order chi connectivity index (χ1) is 8.04.